The number of ether oxygens (including phenoxy) is 1. The molecule has 1 N–H and O–H groups in total. The van der Waals surface area contributed by atoms with Gasteiger partial charge in [0.2, 0.25) is 0 Å². The molecule has 0 saturated heterocycles. The summed E-state index contributed by atoms with van der Waals surface area (Å²) in [5, 5.41) is 8.55. The number of hydrogen-bond donors (Lipinski definition) is 1. The van der Waals surface area contributed by atoms with Crippen LogP contribution in [0.2, 0.25) is 0 Å². The normalized spacial score (nSPS) is 11.8. The lowest BCUT2D eigenvalue weighted by molar-refractivity contribution is -0.151. The average molecular weight is 188 g/mol. The highest BCUT2D eigenvalue weighted by Gasteiger charge is 2.21. The zero-order chi connectivity index (χ0) is 10.3. The van der Waals surface area contributed by atoms with E-state index in [1.165, 1.54) is 0 Å². The highest BCUT2D eigenvalue weighted by molar-refractivity contribution is 5.80. The van der Waals surface area contributed by atoms with Crippen molar-refractivity contribution >= 4 is 18.2 Å². The number of hydrogen-bond acceptors (Lipinski definition) is 4. The number of aliphatic carboxylic acids is 1. The second-order valence-electron chi connectivity index (χ2n) is 2.45. The molecule has 0 spiro atoms. The summed E-state index contributed by atoms with van der Waals surface area (Å²) in [4.78, 5) is 31.3. The van der Waals surface area contributed by atoms with Crippen LogP contribution in [0.1, 0.15) is 19.8 Å². The number of carboxylic acids is 1. The van der Waals surface area contributed by atoms with Gasteiger partial charge in [-0.3, -0.25) is 9.59 Å². The van der Waals surface area contributed by atoms with Crippen LogP contribution in [0.3, 0.4) is 0 Å². The first kappa shape index (κ1) is 11.6. The average Bonchev–Trinajstić information content (AvgIpc) is 2.04. The van der Waals surface area contributed by atoms with Crippen molar-refractivity contribution in [3.05, 3.63) is 0 Å². The summed E-state index contributed by atoms with van der Waals surface area (Å²) in [6, 6.07) is 0. The van der Waals surface area contributed by atoms with Crippen molar-refractivity contribution in [3.8, 4) is 0 Å². The third-order valence-electron chi connectivity index (χ3n) is 1.45. The summed E-state index contributed by atoms with van der Waals surface area (Å²) in [5.41, 5.74) is 0. The number of aldehydes is 1. The fraction of sp³-hybridized carbons (Fsp3) is 0.625. The van der Waals surface area contributed by atoms with Crippen LogP contribution in [0.25, 0.3) is 0 Å². The first-order chi connectivity index (χ1) is 6.11. The number of rotatable bonds is 6. The minimum atomic E-state index is -1.15. The molecule has 1 unspecified atom stereocenters. The van der Waals surface area contributed by atoms with Crippen LogP contribution in [0.15, 0.2) is 0 Å². The maximum atomic E-state index is 10.8. The Balaban J connectivity index is 4.01. The number of esters is 1. The summed E-state index contributed by atoms with van der Waals surface area (Å²) >= 11 is 0. The molecule has 74 valence electrons. The molecule has 0 aromatic carbocycles. The Hall–Kier alpha value is -1.39. The molecule has 5 nitrogen and oxygen atoms in total. The van der Waals surface area contributed by atoms with E-state index in [-0.39, 0.29) is 19.4 Å². The van der Waals surface area contributed by atoms with E-state index in [4.69, 9.17) is 5.11 Å². The summed E-state index contributed by atoms with van der Waals surface area (Å²) in [6.07, 6.45) is 0.0775. The molecule has 13 heavy (non-hydrogen) atoms. The summed E-state index contributed by atoms with van der Waals surface area (Å²) in [7, 11) is 0. The predicted molar refractivity (Wildman–Crippen MR) is 43.1 cm³/mol. The van der Waals surface area contributed by atoms with Crippen LogP contribution in [0.5, 0.6) is 0 Å². The van der Waals surface area contributed by atoms with Gasteiger partial charge in [-0.1, -0.05) is 0 Å². The Kier molecular flexibility index (Phi) is 5.50. The Morgan fingerprint density at radius 2 is 2.15 bits per heavy atom. The molecule has 0 aliphatic rings. The number of carbonyl (C=O) groups excluding carboxylic acids is 2. The second kappa shape index (κ2) is 6.16. The van der Waals surface area contributed by atoms with Gasteiger partial charge in [-0.25, -0.2) is 0 Å². The van der Waals surface area contributed by atoms with Crippen LogP contribution in [-0.2, 0) is 19.1 Å². The number of carbonyl (C=O) groups is 3. The van der Waals surface area contributed by atoms with E-state index in [0.29, 0.717) is 6.29 Å². The Morgan fingerprint density at radius 3 is 2.54 bits per heavy atom. The monoisotopic (exact) mass is 188 g/mol. The lowest BCUT2D eigenvalue weighted by Gasteiger charge is -2.07. The first-order valence-electron chi connectivity index (χ1n) is 3.93. The lowest BCUT2D eigenvalue weighted by atomic mass is 10.0. The smallest absolute Gasteiger partial charge is 0.307 e. The minimum Gasteiger partial charge on any atom is -0.481 e. The summed E-state index contributed by atoms with van der Waals surface area (Å²) < 4.78 is 4.55. The SMILES string of the molecule is CCOC(=O)CC(CC=O)C(=O)O. The van der Waals surface area contributed by atoms with Gasteiger partial charge in [-0.2, -0.15) is 0 Å². The Morgan fingerprint density at radius 1 is 1.54 bits per heavy atom. The predicted octanol–water partition coefficient (Wildman–Crippen LogP) is 0.229. The lowest BCUT2D eigenvalue weighted by Crippen LogP contribution is -2.19. The highest BCUT2D eigenvalue weighted by Crippen LogP contribution is 2.08. The molecule has 0 saturated carbocycles. The van der Waals surface area contributed by atoms with E-state index in [1.807, 2.05) is 0 Å². The molecule has 0 aromatic heterocycles. The molecular weight excluding hydrogens is 176 g/mol. The third-order valence-corrected chi connectivity index (χ3v) is 1.45. The molecule has 0 aromatic rings. The van der Waals surface area contributed by atoms with Gasteiger partial charge in [-0.15, -0.1) is 0 Å². The Bertz CT molecular complexity index is 199. The molecular formula is C8H12O5. The summed E-state index contributed by atoms with van der Waals surface area (Å²) in [6.45, 7) is 1.85. The van der Waals surface area contributed by atoms with Crippen molar-refractivity contribution in [1.29, 1.82) is 0 Å². The van der Waals surface area contributed by atoms with E-state index in [0.717, 1.165) is 0 Å². The van der Waals surface area contributed by atoms with E-state index in [1.54, 1.807) is 6.92 Å². The zero-order valence-corrected chi connectivity index (χ0v) is 7.36. The van der Waals surface area contributed by atoms with E-state index >= 15 is 0 Å². The van der Waals surface area contributed by atoms with Gasteiger partial charge in [0.25, 0.3) is 0 Å². The maximum absolute atomic E-state index is 10.8. The fourth-order valence-corrected chi connectivity index (χ4v) is 0.809. The zero-order valence-electron chi connectivity index (χ0n) is 7.36. The standard InChI is InChI=1S/C8H12O5/c1-2-13-7(10)5-6(3-4-9)8(11)12/h4,6H,2-3,5H2,1H3,(H,11,12). The highest BCUT2D eigenvalue weighted by atomic mass is 16.5. The van der Waals surface area contributed by atoms with Crippen LogP contribution in [0, 0.1) is 5.92 Å². The summed E-state index contributed by atoms with van der Waals surface area (Å²) in [5.74, 6) is -2.70. The van der Waals surface area contributed by atoms with Crippen LogP contribution in [-0.4, -0.2) is 29.9 Å². The molecule has 0 aliphatic carbocycles. The largest absolute Gasteiger partial charge is 0.481 e. The molecule has 5 heteroatoms. The number of carboxylic acid groups (broad SMARTS) is 1. The van der Waals surface area contributed by atoms with Crippen molar-refractivity contribution in [1.82, 2.24) is 0 Å². The van der Waals surface area contributed by atoms with Crippen LogP contribution < -0.4 is 0 Å². The van der Waals surface area contributed by atoms with Crippen molar-refractivity contribution in [2.75, 3.05) is 6.61 Å². The van der Waals surface area contributed by atoms with Crippen molar-refractivity contribution in [3.63, 3.8) is 0 Å². The van der Waals surface area contributed by atoms with Crippen LogP contribution >= 0.6 is 0 Å². The molecule has 0 bridgehead atoms. The fourth-order valence-electron chi connectivity index (χ4n) is 0.809. The van der Waals surface area contributed by atoms with Gasteiger partial charge < -0.3 is 14.6 Å². The van der Waals surface area contributed by atoms with Crippen molar-refractivity contribution < 1.29 is 24.2 Å². The van der Waals surface area contributed by atoms with E-state index < -0.39 is 17.9 Å². The molecule has 0 radical (unpaired) electrons. The minimum absolute atomic E-state index is 0.159. The van der Waals surface area contributed by atoms with Gasteiger partial charge in [0.05, 0.1) is 18.9 Å². The molecule has 0 amide bonds. The van der Waals surface area contributed by atoms with Crippen molar-refractivity contribution in [2.45, 2.75) is 19.8 Å². The van der Waals surface area contributed by atoms with Gasteiger partial charge in [0, 0.05) is 6.42 Å². The van der Waals surface area contributed by atoms with E-state index in [9.17, 15) is 14.4 Å². The molecule has 0 heterocycles. The second-order valence-corrected chi connectivity index (χ2v) is 2.45. The van der Waals surface area contributed by atoms with Gasteiger partial charge in [-0.05, 0) is 6.92 Å². The van der Waals surface area contributed by atoms with Crippen LogP contribution in [0.4, 0.5) is 0 Å². The maximum Gasteiger partial charge on any atom is 0.307 e. The molecule has 1 atom stereocenters. The quantitative estimate of drug-likeness (QED) is 0.476. The first-order valence-corrected chi connectivity index (χ1v) is 3.93. The van der Waals surface area contributed by atoms with Crippen molar-refractivity contribution in [2.24, 2.45) is 5.92 Å². The third kappa shape index (κ3) is 4.95. The topological polar surface area (TPSA) is 80.7 Å². The van der Waals surface area contributed by atoms with Gasteiger partial charge in [0.1, 0.15) is 6.29 Å². The molecule has 0 fully saturated rings. The Labute approximate surface area is 75.7 Å². The van der Waals surface area contributed by atoms with Gasteiger partial charge >= 0.3 is 11.9 Å². The molecule has 0 aliphatic heterocycles. The van der Waals surface area contributed by atoms with Gasteiger partial charge in [0.15, 0.2) is 0 Å². The van der Waals surface area contributed by atoms with E-state index in [2.05, 4.69) is 4.74 Å². The molecule has 0 rings (SSSR count).